The lowest BCUT2D eigenvalue weighted by Crippen LogP contribution is -2.38. The lowest BCUT2D eigenvalue weighted by Gasteiger charge is -2.25. The van der Waals surface area contributed by atoms with Gasteiger partial charge in [0.15, 0.2) is 0 Å². The Bertz CT molecular complexity index is 450. The Balaban J connectivity index is 2.16. The van der Waals surface area contributed by atoms with Crippen LogP contribution < -0.4 is 5.32 Å². The summed E-state index contributed by atoms with van der Waals surface area (Å²) >= 11 is 0. The second-order valence-electron chi connectivity index (χ2n) is 5.01. The molecule has 1 aliphatic rings. The van der Waals surface area contributed by atoms with Crippen molar-refractivity contribution in [3.8, 4) is 0 Å². The van der Waals surface area contributed by atoms with E-state index in [2.05, 4.69) is 12.2 Å². The van der Waals surface area contributed by atoms with Gasteiger partial charge in [-0.05, 0) is 26.8 Å². The third-order valence-electron chi connectivity index (χ3n) is 3.95. The van der Waals surface area contributed by atoms with Gasteiger partial charge in [-0.15, -0.1) is 0 Å². The molecule has 5 nitrogen and oxygen atoms in total. The number of hydrogen-bond donors (Lipinski definition) is 1. The number of nitro groups is 1. The first-order valence-electron chi connectivity index (χ1n) is 6.64. The molecule has 3 unspecified atom stereocenters. The van der Waals surface area contributed by atoms with Crippen LogP contribution in [0.5, 0.6) is 0 Å². The highest BCUT2D eigenvalue weighted by molar-refractivity contribution is 5.40. The monoisotopic (exact) mass is 264 g/mol. The van der Waals surface area contributed by atoms with E-state index in [-0.39, 0.29) is 22.8 Å². The van der Waals surface area contributed by atoms with Crippen molar-refractivity contribution in [2.45, 2.75) is 31.9 Å². The molecule has 5 heteroatoms. The molecule has 0 aromatic heterocycles. The van der Waals surface area contributed by atoms with Crippen molar-refractivity contribution in [1.29, 1.82) is 0 Å². The molecule has 2 rings (SSSR count). The molecule has 0 aliphatic carbocycles. The molecular weight excluding hydrogens is 244 g/mol. The van der Waals surface area contributed by atoms with E-state index in [4.69, 9.17) is 4.74 Å². The van der Waals surface area contributed by atoms with Crippen LogP contribution in [0.2, 0.25) is 0 Å². The average molecular weight is 264 g/mol. The smallest absolute Gasteiger partial charge is 0.272 e. The highest BCUT2D eigenvalue weighted by Gasteiger charge is 2.32. The third-order valence-corrected chi connectivity index (χ3v) is 3.95. The van der Waals surface area contributed by atoms with Crippen molar-refractivity contribution >= 4 is 5.69 Å². The van der Waals surface area contributed by atoms with Gasteiger partial charge in [0, 0.05) is 30.2 Å². The van der Waals surface area contributed by atoms with Gasteiger partial charge in [0.1, 0.15) is 0 Å². The van der Waals surface area contributed by atoms with Crippen molar-refractivity contribution in [3.63, 3.8) is 0 Å². The first-order valence-corrected chi connectivity index (χ1v) is 6.64. The van der Waals surface area contributed by atoms with Gasteiger partial charge >= 0.3 is 0 Å². The normalized spacial score (nSPS) is 24.3. The molecular formula is C14H20N2O3. The predicted molar refractivity (Wildman–Crippen MR) is 73.2 cm³/mol. The summed E-state index contributed by atoms with van der Waals surface area (Å²) in [5.41, 5.74) is 0.986. The number of nitro benzene ring substituents is 1. The molecule has 1 heterocycles. The summed E-state index contributed by atoms with van der Waals surface area (Å²) in [4.78, 5) is 10.7. The molecule has 0 amide bonds. The summed E-state index contributed by atoms with van der Waals surface area (Å²) in [7, 11) is 1.91. The van der Waals surface area contributed by atoms with Crippen LogP contribution in [0.4, 0.5) is 5.69 Å². The zero-order valence-corrected chi connectivity index (χ0v) is 11.3. The summed E-state index contributed by atoms with van der Waals surface area (Å²) in [6, 6.07) is 7.17. The molecule has 0 bridgehead atoms. The van der Waals surface area contributed by atoms with Crippen molar-refractivity contribution in [3.05, 3.63) is 39.9 Å². The van der Waals surface area contributed by atoms with Crippen LogP contribution >= 0.6 is 0 Å². The number of ether oxygens (including phenoxy) is 1. The van der Waals surface area contributed by atoms with E-state index in [0.29, 0.717) is 12.3 Å². The van der Waals surface area contributed by atoms with Crippen molar-refractivity contribution in [2.75, 3.05) is 13.7 Å². The average Bonchev–Trinajstić information content (AvgIpc) is 2.82. The standard InChI is InChI=1S/C14H20N2O3/c1-10-12(7-8-19-10)13(15-2)9-11-5-3-4-6-14(11)16(17)18/h3-6,10,12-13,15H,7-9H2,1-2H3. The highest BCUT2D eigenvalue weighted by atomic mass is 16.6. The Hall–Kier alpha value is -1.46. The van der Waals surface area contributed by atoms with E-state index in [9.17, 15) is 10.1 Å². The van der Waals surface area contributed by atoms with Crippen molar-refractivity contribution in [1.82, 2.24) is 5.32 Å². The van der Waals surface area contributed by atoms with Gasteiger partial charge in [-0.2, -0.15) is 0 Å². The number of hydrogen-bond acceptors (Lipinski definition) is 4. The van der Waals surface area contributed by atoms with Crippen LogP contribution in [0.1, 0.15) is 18.9 Å². The lowest BCUT2D eigenvalue weighted by molar-refractivity contribution is -0.385. The maximum absolute atomic E-state index is 11.0. The number of nitrogens with zero attached hydrogens (tertiary/aromatic N) is 1. The molecule has 0 radical (unpaired) electrons. The summed E-state index contributed by atoms with van der Waals surface area (Å²) in [6.45, 7) is 2.85. The van der Waals surface area contributed by atoms with E-state index in [0.717, 1.165) is 18.6 Å². The van der Waals surface area contributed by atoms with Crippen molar-refractivity contribution in [2.24, 2.45) is 5.92 Å². The van der Waals surface area contributed by atoms with Gasteiger partial charge in [0.25, 0.3) is 5.69 Å². The fourth-order valence-corrected chi connectivity index (χ4v) is 2.84. The third kappa shape index (κ3) is 3.11. The second-order valence-corrected chi connectivity index (χ2v) is 5.01. The summed E-state index contributed by atoms with van der Waals surface area (Å²) in [5, 5.41) is 14.3. The van der Waals surface area contributed by atoms with Gasteiger partial charge in [-0.3, -0.25) is 10.1 Å². The fraction of sp³-hybridized carbons (Fsp3) is 0.571. The van der Waals surface area contributed by atoms with E-state index < -0.39 is 0 Å². The number of rotatable bonds is 5. The Morgan fingerprint density at radius 1 is 1.53 bits per heavy atom. The van der Waals surface area contributed by atoms with E-state index >= 15 is 0 Å². The van der Waals surface area contributed by atoms with Crippen LogP contribution in [0.25, 0.3) is 0 Å². The zero-order valence-electron chi connectivity index (χ0n) is 11.3. The van der Waals surface area contributed by atoms with Gasteiger partial charge < -0.3 is 10.1 Å². The molecule has 1 aromatic carbocycles. The molecule has 3 atom stereocenters. The number of likely N-dealkylation sites (N-methyl/N-ethyl adjacent to an activating group) is 1. The molecule has 19 heavy (non-hydrogen) atoms. The fourth-order valence-electron chi connectivity index (χ4n) is 2.84. The van der Waals surface area contributed by atoms with Gasteiger partial charge in [0.05, 0.1) is 11.0 Å². The molecule has 1 fully saturated rings. The summed E-state index contributed by atoms with van der Waals surface area (Å²) in [5.74, 6) is 0.407. The van der Waals surface area contributed by atoms with E-state index in [1.165, 1.54) is 0 Å². The molecule has 0 spiro atoms. The van der Waals surface area contributed by atoms with Crippen LogP contribution in [0.15, 0.2) is 24.3 Å². The second kappa shape index (κ2) is 6.12. The molecule has 1 N–H and O–H groups in total. The summed E-state index contributed by atoms with van der Waals surface area (Å²) < 4.78 is 5.59. The van der Waals surface area contributed by atoms with Crippen LogP contribution in [0.3, 0.4) is 0 Å². The number of para-hydroxylation sites is 1. The number of nitrogens with one attached hydrogen (secondary N) is 1. The molecule has 104 valence electrons. The quantitative estimate of drug-likeness (QED) is 0.653. The predicted octanol–water partition coefficient (Wildman–Crippen LogP) is 2.15. The topological polar surface area (TPSA) is 64.4 Å². The largest absolute Gasteiger partial charge is 0.378 e. The van der Waals surface area contributed by atoms with Gasteiger partial charge in [-0.1, -0.05) is 18.2 Å². The first kappa shape index (κ1) is 14.0. The highest BCUT2D eigenvalue weighted by Crippen LogP contribution is 2.28. The lowest BCUT2D eigenvalue weighted by atomic mass is 9.88. The van der Waals surface area contributed by atoms with Crippen LogP contribution in [-0.2, 0) is 11.2 Å². The maximum atomic E-state index is 11.0. The Labute approximate surface area is 113 Å². The first-order chi connectivity index (χ1) is 9.13. The molecule has 0 saturated carbocycles. The number of benzene rings is 1. The Morgan fingerprint density at radius 2 is 2.26 bits per heavy atom. The van der Waals surface area contributed by atoms with Gasteiger partial charge in [0.2, 0.25) is 0 Å². The van der Waals surface area contributed by atoms with E-state index in [1.54, 1.807) is 12.1 Å². The zero-order chi connectivity index (χ0) is 13.8. The minimum Gasteiger partial charge on any atom is -0.378 e. The van der Waals surface area contributed by atoms with Crippen LogP contribution in [0, 0.1) is 16.0 Å². The molecule has 1 aromatic rings. The Morgan fingerprint density at radius 3 is 2.84 bits per heavy atom. The summed E-state index contributed by atoms with van der Waals surface area (Å²) in [6.07, 6.45) is 1.87. The molecule has 1 saturated heterocycles. The SMILES string of the molecule is CNC(Cc1ccccc1[N+](=O)[O-])C1CCOC1C. The Kier molecular flexibility index (Phi) is 4.50. The van der Waals surface area contributed by atoms with E-state index in [1.807, 2.05) is 19.2 Å². The maximum Gasteiger partial charge on any atom is 0.272 e. The van der Waals surface area contributed by atoms with Crippen LogP contribution in [-0.4, -0.2) is 30.7 Å². The van der Waals surface area contributed by atoms with Crippen molar-refractivity contribution < 1.29 is 9.66 Å². The minimum atomic E-state index is -0.309. The molecule has 1 aliphatic heterocycles. The minimum absolute atomic E-state index is 0.203. The van der Waals surface area contributed by atoms with Gasteiger partial charge in [-0.25, -0.2) is 0 Å².